The molecule has 10 heteroatoms. The Hall–Kier alpha value is -2.94. The molecule has 1 aliphatic rings. The zero-order valence-electron chi connectivity index (χ0n) is 17.1. The van der Waals surface area contributed by atoms with E-state index in [1.807, 2.05) is 4.90 Å². The van der Waals surface area contributed by atoms with Gasteiger partial charge in [0.15, 0.2) is 5.82 Å². The van der Waals surface area contributed by atoms with Gasteiger partial charge in [-0.2, -0.15) is 13.2 Å². The molecule has 0 bridgehead atoms. The molecule has 3 aromatic rings. The predicted molar refractivity (Wildman–Crippen MR) is 114 cm³/mol. The first-order valence-electron chi connectivity index (χ1n) is 10.0. The topological polar surface area (TPSA) is 49.3 Å². The van der Waals surface area contributed by atoms with Crippen molar-refractivity contribution in [2.75, 3.05) is 31.1 Å². The van der Waals surface area contributed by atoms with E-state index in [0.717, 1.165) is 6.07 Å². The summed E-state index contributed by atoms with van der Waals surface area (Å²) >= 11 is 6.33. The van der Waals surface area contributed by atoms with Gasteiger partial charge in [0.1, 0.15) is 17.7 Å². The van der Waals surface area contributed by atoms with Crippen molar-refractivity contribution < 1.29 is 22.4 Å². The van der Waals surface area contributed by atoms with Crippen molar-refractivity contribution in [1.82, 2.24) is 14.9 Å². The van der Waals surface area contributed by atoms with Crippen LogP contribution >= 0.6 is 11.6 Å². The van der Waals surface area contributed by atoms with Crippen LogP contribution in [0.2, 0.25) is 5.02 Å². The van der Waals surface area contributed by atoms with Crippen LogP contribution in [0.4, 0.5) is 23.4 Å². The number of piperazine rings is 1. The second kappa shape index (κ2) is 8.54. The molecule has 0 radical (unpaired) electrons. The molecule has 5 nitrogen and oxygen atoms in total. The highest BCUT2D eigenvalue weighted by atomic mass is 35.5. The molecule has 0 atom stereocenters. The minimum Gasteiger partial charge on any atom is -0.352 e. The van der Waals surface area contributed by atoms with Gasteiger partial charge in [0, 0.05) is 43.5 Å². The van der Waals surface area contributed by atoms with E-state index in [1.54, 1.807) is 11.8 Å². The average molecular weight is 467 g/mol. The van der Waals surface area contributed by atoms with Crippen molar-refractivity contribution in [2.45, 2.75) is 19.5 Å². The number of aromatic nitrogens is 2. The first kappa shape index (κ1) is 22.3. The highest BCUT2D eigenvalue weighted by Gasteiger charge is 2.35. The molecule has 168 valence electrons. The molecule has 32 heavy (non-hydrogen) atoms. The lowest BCUT2D eigenvalue weighted by molar-refractivity contribution is -0.137. The molecule has 4 rings (SSSR count). The van der Waals surface area contributed by atoms with E-state index in [4.69, 9.17) is 11.6 Å². The Balaban J connectivity index is 1.79. The molecule has 0 spiro atoms. The molecule has 1 aliphatic heterocycles. The first-order valence-corrected chi connectivity index (χ1v) is 10.4. The molecule has 2 aromatic carbocycles. The lowest BCUT2D eigenvalue weighted by Gasteiger charge is -2.35. The van der Waals surface area contributed by atoms with Gasteiger partial charge in [-0.25, -0.2) is 14.4 Å². The minimum atomic E-state index is -4.67. The third-order valence-corrected chi connectivity index (χ3v) is 5.83. The van der Waals surface area contributed by atoms with E-state index in [2.05, 4.69) is 9.97 Å². The Labute approximate surface area is 186 Å². The highest BCUT2D eigenvalue weighted by Crippen LogP contribution is 2.43. The lowest BCUT2D eigenvalue weighted by Crippen LogP contribution is -2.48. The van der Waals surface area contributed by atoms with Gasteiger partial charge in [-0.15, -0.1) is 0 Å². The van der Waals surface area contributed by atoms with Crippen LogP contribution in [-0.4, -0.2) is 47.0 Å². The maximum absolute atomic E-state index is 15.5. The standard InChI is InChI=1S/C22H19ClF4N4O/c1-2-17(32)30-7-9-31(10-8-30)21-14-11-16(23)18(19(24)20(14)28-12-29-21)13-5-3-4-6-15(13)22(25,26)27/h3-6,11-12H,2,7-10H2,1H3. The summed E-state index contributed by atoms with van der Waals surface area (Å²) in [6, 6.07) is 6.11. The van der Waals surface area contributed by atoms with Crippen LogP contribution < -0.4 is 4.90 Å². The molecule has 1 fully saturated rings. The van der Waals surface area contributed by atoms with Gasteiger partial charge in [-0.1, -0.05) is 36.7 Å². The van der Waals surface area contributed by atoms with Crippen LogP contribution in [0.25, 0.3) is 22.0 Å². The van der Waals surface area contributed by atoms with E-state index in [9.17, 15) is 18.0 Å². The maximum Gasteiger partial charge on any atom is 0.417 e. The zero-order valence-corrected chi connectivity index (χ0v) is 17.8. The average Bonchev–Trinajstić information content (AvgIpc) is 2.78. The van der Waals surface area contributed by atoms with E-state index in [-0.39, 0.29) is 27.6 Å². The van der Waals surface area contributed by atoms with Gasteiger partial charge in [-0.05, 0) is 17.7 Å². The van der Waals surface area contributed by atoms with E-state index in [1.165, 1.54) is 30.6 Å². The Morgan fingerprint density at radius 3 is 2.47 bits per heavy atom. The van der Waals surface area contributed by atoms with Crippen molar-refractivity contribution in [3.8, 4) is 11.1 Å². The number of nitrogens with zero attached hydrogens (tertiary/aromatic N) is 4. The Morgan fingerprint density at radius 2 is 1.81 bits per heavy atom. The fourth-order valence-electron chi connectivity index (χ4n) is 3.95. The van der Waals surface area contributed by atoms with Gasteiger partial charge in [0.25, 0.3) is 0 Å². The van der Waals surface area contributed by atoms with Gasteiger partial charge in [0.2, 0.25) is 5.91 Å². The molecule has 1 amide bonds. The largest absolute Gasteiger partial charge is 0.417 e. The summed E-state index contributed by atoms with van der Waals surface area (Å²) in [5.41, 5.74) is -1.80. The number of carbonyl (C=O) groups excluding carboxylic acids is 1. The summed E-state index contributed by atoms with van der Waals surface area (Å²) in [6.07, 6.45) is -3.08. The number of hydrogen-bond donors (Lipinski definition) is 0. The van der Waals surface area contributed by atoms with Gasteiger partial charge in [-0.3, -0.25) is 4.79 Å². The van der Waals surface area contributed by atoms with Crippen LogP contribution in [0.1, 0.15) is 18.9 Å². The van der Waals surface area contributed by atoms with Crippen LogP contribution in [-0.2, 0) is 11.0 Å². The number of carbonyl (C=O) groups is 1. The Morgan fingerprint density at radius 1 is 1.12 bits per heavy atom. The fourth-order valence-corrected chi connectivity index (χ4v) is 4.25. The normalized spacial score (nSPS) is 14.8. The summed E-state index contributed by atoms with van der Waals surface area (Å²) in [4.78, 5) is 23.8. The third kappa shape index (κ3) is 3.97. The van der Waals surface area contributed by atoms with E-state index in [0.29, 0.717) is 43.8 Å². The molecule has 0 saturated carbocycles. The molecule has 0 aliphatic carbocycles. The molecule has 0 unspecified atom stereocenters. The van der Waals surface area contributed by atoms with E-state index >= 15 is 4.39 Å². The molecule has 0 N–H and O–H groups in total. The van der Waals surface area contributed by atoms with Crippen molar-refractivity contribution in [3.63, 3.8) is 0 Å². The van der Waals surface area contributed by atoms with Gasteiger partial charge in [0.05, 0.1) is 10.6 Å². The fraction of sp³-hybridized carbons (Fsp3) is 0.318. The summed E-state index contributed by atoms with van der Waals surface area (Å²) in [5.74, 6) is -0.457. The van der Waals surface area contributed by atoms with Crippen molar-refractivity contribution >= 4 is 34.2 Å². The number of hydrogen-bond acceptors (Lipinski definition) is 4. The SMILES string of the molecule is CCC(=O)N1CCN(c2ncnc3c(F)c(-c4ccccc4C(F)(F)F)c(Cl)cc23)CC1. The first-order chi connectivity index (χ1) is 15.2. The number of halogens is 5. The number of rotatable bonds is 3. The zero-order chi connectivity index (χ0) is 23.0. The number of amides is 1. The van der Waals surface area contributed by atoms with Gasteiger partial charge < -0.3 is 9.80 Å². The Kier molecular flexibility index (Phi) is 5.94. The Bertz CT molecular complexity index is 1180. The molecular formula is C22H19ClF4N4O. The minimum absolute atomic E-state index is 0.0549. The summed E-state index contributed by atoms with van der Waals surface area (Å²) in [5, 5.41) is 0.140. The monoisotopic (exact) mass is 466 g/mol. The van der Waals surface area contributed by atoms with Crippen LogP contribution in [0.5, 0.6) is 0 Å². The van der Waals surface area contributed by atoms with Gasteiger partial charge >= 0.3 is 6.18 Å². The van der Waals surface area contributed by atoms with E-state index < -0.39 is 17.6 Å². The summed E-state index contributed by atoms with van der Waals surface area (Å²) in [6.45, 7) is 3.74. The molecule has 2 heterocycles. The second-order valence-corrected chi connectivity index (χ2v) is 7.81. The summed E-state index contributed by atoms with van der Waals surface area (Å²) < 4.78 is 56.1. The van der Waals surface area contributed by atoms with Crippen molar-refractivity contribution in [3.05, 3.63) is 53.1 Å². The summed E-state index contributed by atoms with van der Waals surface area (Å²) in [7, 11) is 0. The quantitative estimate of drug-likeness (QED) is 0.500. The lowest BCUT2D eigenvalue weighted by atomic mass is 9.97. The maximum atomic E-state index is 15.5. The van der Waals surface area contributed by atoms with Crippen LogP contribution in [0.15, 0.2) is 36.7 Å². The van der Waals surface area contributed by atoms with Crippen molar-refractivity contribution in [1.29, 1.82) is 0 Å². The highest BCUT2D eigenvalue weighted by molar-refractivity contribution is 6.34. The smallest absolute Gasteiger partial charge is 0.352 e. The second-order valence-electron chi connectivity index (χ2n) is 7.41. The van der Waals surface area contributed by atoms with Crippen LogP contribution in [0.3, 0.4) is 0 Å². The number of anilines is 1. The number of benzene rings is 2. The third-order valence-electron chi connectivity index (χ3n) is 5.54. The molecular weight excluding hydrogens is 448 g/mol. The van der Waals surface area contributed by atoms with Crippen LogP contribution in [0, 0.1) is 5.82 Å². The number of alkyl halides is 3. The number of fused-ring (bicyclic) bond motifs is 1. The molecule has 1 saturated heterocycles. The predicted octanol–water partition coefficient (Wildman–Crippen LogP) is 5.17. The van der Waals surface area contributed by atoms with Crippen molar-refractivity contribution in [2.24, 2.45) is 0 Å². The molecule has 1 aromatic heterocycles.